The van der Waals surface area contributed by atoms with E-state index >= 15 is 0 Å². The Morgan fingerprint density at radius 1 is 1.27 bits per heavy atom. The lowest BCUT2D eigenvalue weighted by Crippen LogP contribution is -2.32. The molecular weight excluding hydrogens is 404 g/mol. The van der Waals surface area contributed by atoms with E-state index in [2.05, 4.69) is 10.3 Å². The van der Waals surface area contributed by atoms with Crippen LogP contribution in [0.5, 0.6) is 0 Å². The Morgan fingerprint density at radius 3 is 2.77 bits per heavy atom. The van der Waals surface area contributed by atoms with Crippen LogP contribution in [-0.4, -0.2) is 36.2 Å². The van der Waals surface area contributed by atoms with Crippen LogP contribution in [0.3, 0.4) is 0 Å². The molecule has 1 N–H and O–H groups in total. The molecule has 3 heterocycles. The van der Waals surface area contributed by atoms with Gasteiger partial charge < -0.3 is 19.5 Å². The van der Waals surface area contributed by atoms with Gasteiger partial charge in [0, 0.05) is 30.5 Å². The Kier molecular flexibility index (Phi) is 5.55. The van der Waals surface area contributed by atoms with Crippen LogP contribution in [0.15, 0.2) is 29.6 Å². The average Bonchev–Trinajstić information content (AvgIpc) is 3.36. The third-order valence-electron chi connectivity index (χ3n) is 5.59. The Balaban J connectivity index is 1.48. The van der Waals surface area contributed by atoms with Gasteiger partial charge in [0.1, 0.15) is 6.10 Å². The summed E-state index contributed by atoms with van der Waals surface area (Å²) in [5, 5.41) is 5.83. The third kappa shape index (κ3) is 3.81. The zero-order valence-electron chi connectivity index (χ0n) is 17.4. The summed E-state index contributed by atoms with van der Waals surface area (Å²) in [6, 6.07) is 8.01. The molecule has 2 aliphatic heterocycles. The van der Waals surface area contributed by atoms with E-state index in [1.54, 1.807) is 6.92 Å². The quantitative estimate of drug-likeness (QED) is 0.402. The van der Waals surface area contributed by atoms with E-state index in [1.807, 2.05) is 43.5 Å². The summed E-state index contributed by atoms with van der Waals surface area (Å²) in [6.07, 6.45) is 0.959. The van der Waals surface area contributed by atoms with Gasteiger partial charge in [0.05, 0.1) is 12.3 Å². The monoisotopic (exact) mass is 430 g/mol. The van der Waals surface area contributed by atoms with Gasteiger partial charge in [-0.05, 0) is 32.4 Å². The normalized spacial score (nSPS) is 28.0. The highest BCUT2D eigenvalue weighted by molar-refractivity contribution is 7.13. The summed E-state index contributed by atoms with van der Waals surface area (Å²) in [5.74, 6) is -1.05. The lowest BCUT2D eigenvalue weighted by molar-refractivity contribution is -0.160. The molecule has 3 atom stereocenters. The minimum Gasteiger partial charge on any atom is -0.459 e. The molecule has 8 heteroatoms. The summed E-state index contributed by atoms with van der Waals surface area (Å²) < 4.78 is 16.7. The number of cyclic esters (lactones) is 2. The topological polar surface area (TPSA) is 86.8 Å². The standard InChI is InChI=1S/C22H26N2O5S/c1-4-9-27-11-16-10-22(18(25)28-16)13-21(3,29-19(22)26)17-12-30-20(24-17)23-15-7-5-14(2)6-8-15/h5-8,12,16H,4,9-11,13H2,1-3H3,(H,23,24)/t16-,21-,22-/m0/s1. The van der Waals surface area contributed by atoms with Gasteiger partial charge in [-0.3, -0.25) is 9.59 Å². The zero-order chi connectivity index (χ0) is 21.4. The molecule has 30 heavy (non-hydrogen) atoms. The maximum absolute atomic E-state index is 12.8. The van der Waals surface area contributed by atoms with Crippen molar-refractivity contribution in [2.24, 2.45) is 5.41 Å². The summed E-state index contributed by atoms with van der Waals surface area (Å²) in [7, 11) is 0. The number of ether oxygens (including phenoxy) is 3. The molecule has 1 aromatic heterocycles. The van der Waals surface area contributed by atoms with Gasteiger partial charge in [0.15, 0.2) is 16.1 Å². The molecule has 2 aliphatic rings. The fraction of sp³-hybridized carbons (Fsp3) is 0.500. The number of hydrogen-bond donors (Lipinski definition) is 1. The number of nitrogens with zero attached hydrogens (tertiary/aromatic N) is 1. The van der Waals surface area contributed by atoms with Crippen molar-refractivity contribution < 1.29 is 23.8 Å². The first-order chi connectivity index (χ1) is 14.3. The van der Waals surface area contributed by atoms with Gasteiger partial charge in [0.25, 0.3) is 0 Å². The Labute approximate surface area is 179 Å². The molecule has 0 aliphatic carbocycles. The van der Waals surface area contributed by atoms with Gasteiger partial charge in [-0.15, -0.1) is 11.3 Å². The molecule has 160 valence electrons. The van der Waals surface area contributed by atoms with E-state index in [0.29, 0.717) is 24.0 Å². The average molecular weight is 431 g/mol. The van der Waals surface area contributed by atoms with Crippen LogP contribution in [0, 0.1) is 12.3 Å². The van der Waals surface area contributed by atoms with E-state index in [1.165, 1.54) is 16.9 Å². The number of rotatable bonds is 7. The first kappa shape index (κ1) is 20.8. The van der Waals surface area contributed by atoms with Crippen molar-refractivity contribution in [1.82, 2.24) is 4.98 Å². The number of esters is 2. The predicted octanol–water partition coefficient (Wildman–Crippen LogP) is 4.09. The summed E-state index contributed by atoms with van der Waals surface area (Å²) in [5.41, 5.74) is 0.492. The molecule has 0 saturated carbocycles. The highest BCUT2D eigenvalue weighted by Crippen LogP contribution is 2.52. The van der Waals surface area contributed by atoms with Crippen LogP contribution in [0.4, 0.5) is 10.8 Å². The fourth-order valence-corrected chi connectivity index (χ4v) is 4.86. The van der Waals surface area contributed by atoms with Gasteiger partial charge in [0.2, 0.25) is 0 Å². The number of hydrogen-bond acceptors (Lipinski definition) is 8. The molecule has 1 spiro atoms. The van der Waals surface area contributed by atoms with Crippen molar-refractivity contribution in [3.8, 4) is 0 Å². The molecule has 7 nitrogen and oxygen atoms in total. The molecule has 4 rings (SSSR count). The molecule has 0 radical (unpaired) electrons. The molecular formula is C22H26N2O5S. The summed E-state index contributed by atoms with van der Waals surface area (Å²) in [4.78, 5) is 30.1. The predicted molar refractivity (Wildman–Crippen MR) is 113 cm³/mol. The van der Waals surface area contributed by atoms with Crippen LogP contribution < -0.4 is 5.32 Å². The molecule has 2 saturated heterocycles. The number of carbonyl (C=O) groups excluding carboxylic acids is 2. The number of aryl methyl sites for hydroxylation is 1. The molecule has 0 amide bonds. The van der Waals surface area contributed by atoms with Crippen LogP contribution in [0.25, 0.3) is 0 Å². The van der Waals surface area contributed by atoms with Gasteiger partial charge in [-0.1, -0.05) is 24.6 Å². The van der Waals surface area contributed by atoms with Gasteiger partial charge in [-0.25, -0.2) is 4.98 Å². The Morgan fingerprint density at radius 2 is 2.03 bits per heavy atom. The lowest BCUT2D eigenvalue weighted by atomic mass is 9.78. The van der Waals surface area contributed by atoms with Crippen molar-refractivity contribution in [2.75, 3.05) is 18.5 Å². The highest BCUT2D eigenvalue weighted by Gasteiger charge is 2.65. The number of thiazole rings is 1. The maximum atomic E-state index is 12.8. The van der Waals surface area contributed by atoms with Crippen LogP contribution >= 0.6 is 11.3 Å². The number of aromatic nitrogens is 1. The molecule has 0 bridgehead atoms. The van der Waals surface area contributed by atoms with Crippen molar-refractivity contribution in [1.29, 1.82) is 0 Å². The van der Waals surface area contributed by atoms with Gasteiger partial charge in [-0.2, -0.15) is 0 Å². The van der Waals surface area contributed by atoms with Gasteiger partial charge >= 0.3 is 11.9 Å². The molecule has 1 aromatic carbocycles. The van der Waals surface area contributed by atoms with Crippen molar-refractivity contribution >= 4 is 34.1 Å². The number of nitrogens with one attached hydrogen (secondary N) is 1. The van der Waals surface area contributed by atoms with Crippen molar-refractivity contribution in [3.63, 3.8) is 0 Å². The van der Waals surface area contributed by atoms with Crippen molar-refractivity contribution in [2.45, 2.75) is 51.7 Å². The molecule has 2 aromatic rings. The lowest BCUT2D eigenvalue weighted by Gasteiger charge is -2.20. The molecule has 2 fully saturated rings. The van der Waals surface area contributed by atoms with Crippen LogP contribution in [-0.2, 0) is 29.4 Å². The minimum absolute atomic E-state index is 0.218. The summed E-state index contributed by atoms with van der Waals surface area (Å²) >= 11 is 1.43. The van der Waals surface area contributed by atoms with Crippen molar-refractivity contribution in [3.05, 3.63) is 40.9 Å². The van der Waals surface area contributed by atoms with E-state index in [4.69, 9.17) is 14.2 Å². The van der Waals surface area contributed by atoms with E-state index < -0.39 is 29.1 Å². The Hall–Kier alpha value is -2.45. The number of anilines is 2. The minimum atomic E-state index is -1.27. The summed E-state index contributed by atoms with van der Waals surface area (Å²) in [6.45, 7) is 6.74. The number of benzene rings is 1. The second-order valence-corrected chi connectivity index (χ2v) is 9.07. The second-order valence-electron chi connectivity index (χ2n) is 8.21. The number of carbonyl (C=O) groups is 2. The third-order valence-corrected chi connectivity index (χ3v) is 6.35. The SMILES string of the molecule is CCCOC[C@@H]1C[C@]2(C[C@@](C)(c3csc(Nc4ccc(C)cc4)n3)OC2=O)C(=O)O1. The first-order valence-electron chi connectivity index (χ1n) is 10.2. The van der Waals surface area contributed by atoms with E-state index in [9.17, 15) is 9.59 Å². The maximum Gasteiger partial charge on any atom is 0.324 e. The second kappa shape index (κ2) is 8.00. The largest absolute Gasteiger partial charge is 0.459 e. The van der Waals surface area contributed by atoms with E-state index in [-0.39, 0.29) is 12.8 Å². The van der Waals surface area contributed by atoms with E-state index in [0.717, 1.165) is 12.1 Å². The fourth-order valence-electron chi connectivity index (χ4n) is 4.00. The zero-order valence-corrected chi connectivity index (χ0v) is 18.2. The molecule has 0 unspecified atom stereocenters. The Bertz CT molecular complexity index is 943. The smallest absolute Gasteiger partial charge is 0.324 e. The van der Waals surface area contributed by atoms with Crippen LogP contribution in [0.1, 0.15) is 44.4 Å². The highest BCUT2D eigenvalue weighted by atomic mass is 32.1. The van der Waals surface area contributed by atoms with Crippen LogP contribution in [0.2, 0.25) is 0 Å². The first-order valence-corrected chi connectivity index (χ1v) is 11.0.